The van der Waals surface area contributed by atoms with Crippen LogP contribution in [0, 0.1) is 5.92 Å². The molecule has 1 saturated heterocycles. The second kappa shape index (κ2) is 8.96. The maximum atomic E-state index is 12.3. The minimum atomic E-state index is -4.07. The third-order valence-corrected chi connectivity index (χ3v) is 3.97. The molecular weight excluding hydrogens is 279 g/mol. The molecule has 0 spiro atoms. The molecule has 1 rings (SSSR count). The summed E-state index contributed by atoms with van der Waals surface area (Å²) in [6.45, 7) is 10.2. The van der Waals surface area contributed by atoms with Gasteiger partial charge in [0.25, 0.3) is 0 Å². The Bertz CT molecular complexity index is 274. The normalized spacial score (nSPS) is 20.1. The lowest BCUT2D eigenvalue weighted by atomic mass is 10.0. The second-order valence-corrected chi connectivity index (χ2v) is 6.56. The van der Waals surface area contributed by atoms with Gasteiger partial charge in [-0.25, -0.2) is 0 Å². The Balaban J connectivity index is 2.08. The van der Waals surface area contributed by atoms with Crippen LogP contribution in [0.3, 0.4) is 0 Å². The van der Waals surface area contributed by atoms with Crippen LogP contribution in [-0.2, 0) is 0 Å². The first kappa shape index (κ1) is 18.7. The third-order valence-electron chi connectivity index (χ3n) is 3.97. The minimum Gasteiger partial charge on any atom is -0.313 e. The zero-order valence-corrected chi connectivity index (χ0v) is 13.5. The molecule has 3 nitrogen and oxygen atoms in total. The van der Waals surface area contributed by atoms with Gasteiger partial charge >= 0.3 is 6.18 Å². The first-order valence-electron chi connectivity index (χ1n) is 8.01. The Morgan fingerprint density at radius 2 is 1.52 bits per heavy atom. The van der Waals surface area contributed by atoms with Crippen LogP contribution in [0.4, 0.5) is 13.2 Å². The largest absolute Gasteiger partial charge is 0.401 e. The lowest BCUT2D eigenvalue weighted by Crippen LogP contribution is -2.50. The highest BCUT2D eigenvalue weighted by atomic mass is 19.4. The lowest BCUT2D eigenvalue weighted by molar-refractivity contribution is -0.149. The molecule has 1 aliphatic rings. The third kappa shape index (κ3) is 9.32. The smallest absolute Gasteiger partial charge is 0.313 e. The van der Waals surface area contributed by atoms with Crippen molar-refractivity contribution in [2.24, 2.45) is 5.92 Å². The Morgan fingerprint density at radius 3 is 2.05 bits per heavy atom. The van der Waals surface area contributed by atoms with Gasteiger partial charge < -0.3 is 5.32 Å². The highest BCUT2D eigenvalue weighted by Crippen LogP contribution is 2.17. The number of halogens is 3. The van der Waals surface area contributed by atoms with Crippen LogP contribution in [0.25, 0.3) is 0 Å². The molecular formula is C15H30F3N3. The van der Waals surface area contributed by atoms with Crippen molar-refractivity contribution in [3.63, 3.8) is 0 Å². The van der Waals surface area contributed by atoms with Crippen LogP contribution in [0.5, 0.6) is 0 Å². The molecule has 0 radical (unpaired) electrons. The molecule has 1 heterocycles. The zero-order valence-electron chi connectivity index (χ0n) is 13.5. The number of nitrogens with zero attached hydrogens (tertiary/aromatic N) is 2. The first-order chi connectivity index (χ1) is 9.76. The van der Waals surface area contributed by atoms with Crippen molar-refractivity contribution in [2.75, 3.05) is 45.8 Å². The Morgan fingerprint density at radius 1 is 0.952 bits per heavy atom. The predicted octanol–water partition coefficient (Wildman–Crippen LogP) is 2.58. The van der Waals surface area contributed by atoms with Gasteiger partial charge in [0, 0.05) is 45.3 Å². The van der Waals surface area contributed by atoms with Crippen molar-refractivity contribution in [3.8, 4) is 0 Å². The number of piperazine rings is 1. The summed E-state index contributed by atoms with van der Waals surface area (Å²) in [5.41, 5.74) is 0. The molecule has 0 amide bonds. The molecule has 21 heavy (non-hydrogen) atoms. The summed E-state index contributed by atoms with van der Waals surface area (Å²) in [5, 5.41) is 3.50. The standard InChI is InChI=1S/C15H30F3N3/c1-13(2)4-5-14(3)19-6-7-20-8-10-21(11-9-20)12-15(16,17)18/h13-14,19H,4-12H2,1-3H3. The van der Waals surface area contributed by atoms with E-state index >= 15 is 0 Å². The van der Waals surface area contributed by atoms with Crippen LogP contribution in [0.2, 0.25) is 0 Å². The van der Waals surface area contributed by atoms with E-state index in [2.05, 4.69) is 31.0 Å². The SMILES string of the molecule is CC(C)CCC(C)NCCN1CCN(CC(F)(F)F)CC1. The van der Waals surface area contributed by atoms with E-state index in [9.17, 15) is 13.2 Å². The van der Waals surface area contributed by atoms with Crippen molar-refractivity contribution in [2.45, 2.75) is 45.8 Å². The predicted molar refractivity (Wildman–Crippen MR) is 80.5 cm³/mol. The topological polar surface area (TPSA) is 18.5 Å². The highest BCUT2D eigenvalue weighted by Gasteiger charge is 2.31. The molecule has 1 aliphatic heterocycles. The van der Waals surface area contributed by atoms with Crippen LogP contribution in [-0.4, -0.2) is 67.8 Å². The molecule has 0 bridgehead atoms. The highest BCUT2D eigenvalue weighted by molar-refractivity contribution is 4.75. The van der Waals surface area contributed by atoms with Crippen LogP contribution < -0.4 is 5.32 Å². The molecule has 0 aliphatic carbocycles. The summed E-state index contributed by atoms with van der Waals surface area (Å²) < 4.78 is 36.9. The number of hydrogen-bond donors (Lipinski definition) is 1. The molecule has 6 heteroatoms. The monoisotopic (exact) mass is 309 g/mol. The van der Waals surface area contributed by atoms with Gasteiger partial charge in [-0.05, 0) is 25.7 Å². The van der Waals surface area contributed by atoms with Crippen LogP contribution in [0.15, 0.2) is 0 Å². The molecule has 126 valence electrons. The van der Waals surface area contributed by atoms with Crippen molar-refractivity contribution in [1.29, 1.82) is 0 Å². The summed E-state index contributed by atoms with van der Waals surface area (Å²) in [4.78, 5) is 3.74. The molecule has 1 unspecified atom stereocenters. The molecule has 0 aromatic carbocycles. The van der Waals surface area contributed by atoms with Crippen molar-refractivity contribution in [3.05, 3.63) is 0 Å². The number of rotatable bonds is 8. The van der Waals surface area contributed by atoms with E-state index in [1.54, 1.807) is 0 Å². The van der Waals surface area contributed by atoms with Gasteiger partial charge in [0.05, 0.1) is 6.54 Å². The fourth-order valence-electron chi connectivity index (χ4n) is 2.58. The van der Waals surface area contributed by atoms with Crippen LogP contribution in [0.1, 0.15) is 33.6 Å². The second-order valence-electron chi connectivity index (χ2n) is 6.56. The summed E-state index contributed by atoms with van der Waals surface area (Å²) in [6.07, 6.45) is -1.67. The molecule has 1 atom stereocenters. The van der Waals surface area contributed by atoms with E-state index < -0.39 is 12.7 Å². The molecule has 0 aromatic rings. The zero-order chi connectivity index (χ0) is 15.9. The number of nitrogens with one attached hydrogen (secondary N) is 1. The van der Waals surface area contributed by atoms with Gasteiger partial charge in [0.1, 0.15) is 0 Å². The van der Waals surface area contributed by atoms with E-state index in [0.717, 1.165) is 32.1 Å². The average molecular weight is 309 g/mol. The van der Waals surface area contributed by atoms with Gasteiger partial charge in [-0.2, -0.15) is 13.2 Å². The quantitative estimate of drug-likeness (QED) is 0.743. The summed E-state index contributed by atoms with van der Waals surface area (Å²) in [5.74, 6) is 0.732. The van der Waals surface area contributed by atoms with E-state index in [0.29, 0.717) is 19.1 Å². The van der Waals surface area contributed by atoms with E-state index in [1.807, 2.05) is 0 Å². The van der Waals surface area contributed by atoms with Crippen LogP contribution >= 0.6 is 0 Å². The summed E-state index contributed by atoms with van der Waals surface area (Å²) >= 11 is 0. The first-order valence-corrected chi connectivity index (χ1v) is 8.01. The lowest BCUT2D eigenvalue weighted by Gasteiger charge is -2.35. The molecule has 0 saturated carbocycles. The van der Waals surface area contributed by atoms with Crippen molar-refractivity contribution < 1.29 is 13.2 Å². The van der Waals surface area contributed by atoms with E-state index in [1.165, 1.54) is 17.7 Å². The van der Waals surface area contributed by atoms with Gasteiger partial charge in [-0.15, -0.1) is 0 Å². The van der Waals surface area contributed by atoms with Gasteiger partial charge in [0.2, 0.25) is 0 Å². The number of hydrogen-bond acceptors (Lipinski definition) is 3. The molecule has 0 aromatic heterocycles. The molecule has 1 N–H and O–H groups in total. The maximum absolute atomic E-state index is 12.3. The van der Waals surface area contributed by atoms with E-state index in [4.69, 9.17) is 0 Å². The van der Waals surface area contributed by atoms with Gasteiger partial charge in [-0.3, -0.25) is 9.80 Å². The molecule has 1 fully saturated rings. The van der Waals surface area contributed by atoms with Crippen molar-refractivity contribution in [1.82, 2.24) is 15.1 Å². The summed E-state index contributed by atoms with van der Waals surface area (Å²) in [7, 11) is 0. The van der Waals surface area contributed by atoms with E-state index in [-0.39, 0.29) is 0 Å². The summed E-state index contributed by atoms with van der Waals surface area (Å²) in [6, 6.07) is 0.513. The fourth-order valence-corrected chi connectivity index (χ4v) is 2.58. The average Bonchev–Trinajstić information content (AvgIpc) is 2.37. The Labute approximate surface area is 126 Å². The Hall–Kier alpha value is -0.330. The number of alkyl halides is 3. The van der Waals surface area contributed by atoms with Gasteiger partial charge in [-0.1, -0.05) is 13.8 Å². The minimum absolute atomic E-state index is 0.513. The van der Waals surface area contributed by atoms with Gasteiger partial charge in [0.15, 0.2) is 0 Å². The maximum Gasteiger partial charge on any atom is 0.401 e. The Kier molecular flexibility index (Phi) is 7.98. The fraction of sp³-hybridized carbons (Fsp3) is 1.00. The van der Waals surface area contributed by atoms with Crippen molar-refractivity contribution >= 4 is 0 Å².